The van der Waals surface area contributed by atoms with E-state index in [1.54, 1.807) is 12.2 Å². The number of carbonyl (C=O) groups is 1. The van der Waals surface area contributed by atoms with E-state index in [4.69, 9.17) is 4.79 Å². The van der Waals surface area contributed by atoms with E-state index in [-0.39, 0.29) is 19.5 Å². The van der Waals surface area contributed by atoms with Crippen LogP contribution in [0.3, 0.4) is 0 Å². The monoisotopic (exact) mass is 296 g/mol. The van der Waals surface area contributed by atoms with E-state index < -0.39 is 0 Å². The Morgan fingerprint density at radius 1 is 0.867 bits per heavy atom. The first-order valence-corrected chi connectivity index (χ1v) is 4.67. The van der Waals surface area contributed by atoms with Gasteiger partial charge in [-0.15, -0.1) is 0 Å². The van der Waals surface area contributed by atoms with Gasteiger partial charge in [0, 0.05) is 19.5 Å². The van der Waals surface area contributed by atoms with Crippen molar-refractivity contribution in [2.45, 2.75) is 26.7 Å². The van der Waals surface area contributed by atoms with Crippen molar-refractivity contribution >= 4 is 6.79 Å². The molecule has 0 aliphatic rings. The molecule has 0 rings (SSSR count). The third kappa shape index (κ3) is 60.8. The Bertz CT molecular complexity index is 142. The second-order valence-electron chi connectivity index (χ2n) is 2.14. The fraction of sp³-hybridized carbons (Fsp3) is 0.308. The first-order chi connectivity index (χ1) is 6.83. The summed E-state index contributed by atoms with van der Waals surface area (Å²) in [6.45, 7) is 13.2. The minimum atomic E-state index is 0. The fourth-order valence-electron chi connectivity index (χ4n) is 0.465. The number of carbonyl (C=O) groups excluding carboxylic acids is 1. The zero-order valence-corrected chi connectivity index (χ0v) is 11.5. The summed E-state index contributed by atoms with van der Waals surface area (Å²) in [5.41, 5.74) is 0. The largest absolute Gasteiger partial charge is 0.307 e. The summed E-state index contributed by atoms with van der Waals surface area (Å²) >= 11 is 0. The maximum atomic E-state index is 8.00. The van der Waals surface area contributed by atoms with Gasteiger partial charge in [0.2, 0.25) is 0 Å². The smallest absolute Gasteiger partial charge is 0.106 e. The van der Waals surface area contributed by atoms with Crippen LogP contribution in [0.25, 0.3) is 0 Å². The quantitative estimate of drug-likeness (QED) is 0.564. The van der Waals surface area contributed by atoms with Crippen LogP contribution in [-0.4, -0.2) is 6.79 Å². The zero-order valence-electron chi connectivity index (χ0n) is 9.76. The Morgan fingerprint density at radius 2 is 1.13 bits per heavy atom. The van der Waals surface area contributed by atoms with Gasteiger partial charge in [-0.25, -0.2) is 0 Å². The van der Waals surface area contributed by atoms with Crippen LogP contribution >= 0.6 is 0 Å². The van der Waals surface area contributed by atoms with Gasteiger partial charge in [-0.3, -0.25) is 0 Å². The minimum absolute atomic E-state index is 0. The van der Waals surface area contributed by atoms with Gasteiger partial charge in [0.1, 0.15) is 6.79 Å². The maximum absolute atomic E-state index is 8.00. The molecule has 0 N–H and O–H groups in total. The predicted molar refractivity (Wildman–Crippen MR) is 66.4 cm³/mol. The maximum Gasteiger partial charge on any atom is 0.106 e. The van der Waals surface area contributed by atoms with Gasteiger partial charge in [0.15, 0.2) is 0 Å². The molecule has 0 saturated heterocycles. The molecule has 88 valence electrons. The summed E-state index contributed by atoms with van der Waals surface area (Å²) in [7, 11) is 0. The molecule has 0 amide bonds. The molecule has 0 aliphatic carbocycles. The SMILES string of the molecule is C=CC=CCC.C=CC=CCC.C=O.[Ru]. The van der Waals surface area contributed by atoms with Gasteiger partial charge >= 0.3 is 0 Å². The van der Waals surface area contributed by atoms with Gasteiger partial charge in [-0.2, -0.15) is 0 Å². The number of allylic oxidation sites excluding steroid dienone is 6. The van der Waals surface area contributed by atoms with Crippen LogP contribution in [0.1, 0.15) is 26.7 Å². The van der Waals surface area contributed by atoms with E-state index >= 15 is 0 Å². The van der Waals surface area contributed by atoms with Crippen LogP contribution in [0, 0.1) is 0 Å². The second-order valence-corrected chi connectivity index (χ2v) is 2.14. The molecule has 1 nitrogen and oxygen atoms in total. The van der Waals surface area contributed by atoms with Crippen LogP contribution in [-0.2, 0) is 24.3 Å². The molecule has 0 saturated carbocycles. The fourth-order valence-corrected chi connectivity index (χ4v) is 0.465. The molecular weight excluding hydrogens is 273 g/mol. The minimum Gasteiger partial charge on any atom is -0.307 e. The summed E-state index contributed by atoms with van der Waals surface area (Å²) < 4.78 is 0. The summed E-state index contributed by atoms with van der Waals surface area (Å²) in [4.78, 5) is 8.00. The van der Waals surface area contributed by atoms with Crippen LogP contribution < -0.4 is 0 Å². The third-order valence-electron chi connectivity index (χ3n) is 1.02. The first-order valence-electron chi connectivity index (χ1n) is 4.67. The summed E-state index contributed by atoms with van der Waals surface area (Å²) in [5, 5.41) is 0. The van der Waals surface area contributed by atoms with Crippen molar-refractivity contribution in [3.63, 3.8) is 0 Å². The zero-order chi connectivity index (χ0) is 11.7. The molecule has 2 heteroatoms. The molecule has 0 heterocycles. The van der Waals surface area contributed by atoms with Crippen molar-refractivity contribution in [2.75, 3.05) is 0 Å². The molecule has 0 aromatic heterocycles. The molecule has 0 fully saturated rings. The Morgan fingerprint density at radius 3 is 1.20 bits per heavy atom. The summed E-state index contributed by atoms with van der Waals surface area (Å²) in [6.07, 6.45) is 13.8. The first kappa shape index (κ1) is 23.8. The molecule has 0 bridgehead atoms. The van der Waals surface area contributed by atoms with Gasteiger partial charge in [0.25, 0.3) is 0 Å². The standard InChI is InChI=1S/2C6H10.CH2O.Ru/c2*1-3-5-6-4-2;1-2;/h2*3,5-6H,1,4H2,2H3;1H2;. The van der Waals surface area contributed by atoms with Crippen LogP contribution in [0.4, 0.5) is 0 Å². The molecule has 0 atom stereocenters. The molecule has 0 radical (unpaired) electrons. The third-order valence-corrected chi connectivity index (χ3v) is 1.02. The van der Waals surface area contributed by atoms with Crippen LogP contribution in [0.2, 0.25) is 0 Å². The van der Waals surface area contributed by atoms with Gasteiger partial charge in [-0.05, 0) is 12.8 Å². The second kappa shape index (κ2) is 37.8. The predicted octanol–water partition coefficient (Wildman–Crippen LogP) is 4.09. The number of rotatable bonds is 4. The van der Waals surface area contributed by atoms with Crippen molar-refractivity contribution < 1.29 is 24.3 Å². The van der Waals surface area contributed by atoms with E-state index in [0.717, 1.165) is 12.8 Å². The molecule has 0 spiro atoms. The van der Waals surface area contributed by atoms with Crippen molar-refractivity contribution in [3.8, 4) is 0 Å². The molecule has 0 unspecified atom stereocenters. The molecular formula is C13H22ORu. The Hall–Kier alpha value is -0.747. The van der Waals surface area contributed by atoms with Crippen molar-refractivity contribution in [1.29, 1.82) is 0 Å². The van der Waals surface area contributed by atoms with Crippen molar-refractivity contribution in [2.24, 2.45) is 0 Å². The Kier molecular flexibility index (Phi) is 60.0. The van der Waals surface area contributed by atoms with E-state index in [9.17, 15) is 0 Å². The average molecular weight is 295 g/mol. The molecule has 0 aromatic carbocycles. The van der Waals surface area contributed by atoms with E-state index in [1.807, 2.05) is 18.9 Å². The molecule has 0 aliphatic heterocycles. The Balaban J connectivity index is -0.0000000653. The van der Waals surface area contributed by atoms with Crippen LogP contribution in [0.5, 0.6) is 0 Å². The van der Waals surface area contributed by atoms with Crippen LogP contribution in [0.15, 0.2) is 49.6 Å². The summed E-state index contributed by atoms with van der Waals surface area (Å²) in [5.74, 6) is 0. The number of hydrogen-bond donors (Lipinski definition) is 0. The van der Waals surface area contributed by atoms with Gasteiger partial charge in [0.05, 0.1) is 0 Å². The van der Waals surface area contributed by atoms with E-state index in [2.05, 4.69) is 39.2 Å². The molecule has 15 heavy (non-hydrogen) atoms. The van der Waals surface area contributed by atoms with Crippen molar-refractivity contribution in [3.05, 3.63) is 49.6 Å². The topological polar surface area (TPSA) is 17.1 Å². The summed E-state index contributed by atoms with van der Waals surface area (Å²) in [6, 6.07) is 0. The van der Waals surface area contributed by atoms with Gasteiger partial charge in [-0.1, -0.05) is 63.5 Å². The number of hydrogen-bond acceptors (Lipinski definition) is 1. The van der Waals surface area contributed by atoms with E-state index in [1.165, 1.54) is 0 Å². The average Bonchev–Trinajstić information content (AvgIpc) is 2.27. The molecule has 0 aromatic rings. The van der Waals surface area contributed by atoms with Crippen molar-refractivity contribution in [1.82, 2.24) is 0 Å². The Labute approximate surface area is 107 Å². The van der Waals surface area contributed by atoms with Gasteiger partial charge < -0.3 is 4.79 Å². The normalized spacial score (nSPS) is 7.87. The van der Waals surface area contributed by atoms with E-state index in [0.29, 0.717) is 0 Å².